The maximum absolute atomic E-state index is 11.6. The van der Waals surface area contributed by atoms with Gasteiger partial charge in [-0.1, -0.05) is 6.07 Å². The molecule has 0 N–H and O–H groups in total. The molecule has 0 spiro atoms. The molecule has 0 saturated carbocycles. The van der Waals surface area contributed by atoms with Gasteiger partial charge >= 0.3 is 5.97 Å². The van der Waals surface area contributed by atoms with Gasteiger partial charge in [-0.2, -0.15) is 0 Å². The highest BCUT2D eigenvalue weighted by Crippen LogP contribution is 2.35. The van der Waals surface area contributed by atoms with Crippen molar-refractivity contribution < 1.29 is 9.53 Å². The van der Waals surface area contributed by atoms with E-state index in [4.69, 9.17) is 4.74 Å². The van der Waals surface area contributed by atoms with Crippen molar-refractivity contribution in [2.24, 2.45) is 0 Å². The van der Waals surface area contributed by atoms with Crippen LogP contribution in [0.2, 0.25) is 0 Å². The van der Waals surface area contributed by atoms with Gasteiger partial charge in [0.25, 0.3) is 0 Å². The first-order valence-electron chi connectivity index (χ1n) is 5.89. The van der Waals surface area contributed by atoms with Gasteiger partial charge in [0.05, 0.1) is 18.7 Å². The molecular weight excluding hydrogens is 202 g/mol. The molecule has 0 amide bonds. The normalized spacial score (nSPS) is 21.7. The fraction of sp³-hybridized carbons (Fsp3) is 0.538. The second-order valence-electron chi connectivity index (χ2n) is 4.61. The van der Waals surface area contributed by atoms with Gasteiger partial charge in [-0.05, 0) is 43.2 Å². The van der Waals surface area contributed by atoms with Crippen LogP contribution in [0.1, 0.15) is 41.3 Å². The van der Waals surface area contributed by atoms with E-state index in [0.717, 1.165) is 31.4 Å². The molecule has 0 saturated heterocycles. The molecule has 0 aromatic carbocycles. The minimum Gasteiger partial charge on any atom is -0.469 e. The number of fused-ring (bicyclic) bond motifs is 2. The third-order valence-corrected chi connectivity index (χ3v) is 3.68. The highest BCUT2D eigenvalue weighted by molar-refractivity contribution is 5.79. The molecule has 1 aromatic heterocycles. The summed E-state index contributed by atoms with van der Waals surface area (Å²) in [6.07, 6.45) is 5.25. The molecule has 0 radical (unpaired) electrons. The molecule has 1 unspecified atom stereocenters. The maximum Gasteiger partial charge on any atom is 0.314 e. The largest absolute Gasteiger partial charge is 0.469 e. The summed E-state index contributed by atoms with van der Waals surface area (Å²) in [4.78, 5) is 16.3. The second kappa shape index (κ2) is 3.58. The highest BCUT2D eigenvalue weighted by Gasteiger charge is 2.32. The summed E-state index contributed by atoms with van der Waals surface area (Å²) >= 11 is 0. The second-order valence-corrected chi connectivity index (χ2v) is 4.61. The molecule has 3 rings (SSSR count). The Morgan fingerprint density at radius 1 is 1.38 bits per heavy atom. The monoisotopic (exact) mass is 217 g/mol. The maximum atomic E-state index is 11.6. The van der Waals surface area contributed by atoms with Crippen LogP contribution >= 0.6 is 0 Å². The smallest absolute Gasteiger partial charge is 0.314 e. The number of esters is 1. The van der Waals surface area contributed by atoms with Crippen LogP contribution in [0.15, 0.2) is 6.07 Å². The number of aromatic nitrogens is 1. The van der Waals surface area contributed by atoms with Crippen LogP contribution in [-0.4, -0.2) is 18.1 Å². The average Bonchev–Trinajstić information content (AvgIpc) is 2.90. The Morgan fingerprint density at radius 2 is 2.25 bits per heavy atom. The van der Waals surface area contributed by atoms with E-state index in [1.165, 1.54) is 30.4 Å². The molecular formula is C13H15NO2. The van der Waals surface area contributed by atoms with Gasteiger partial charge in [-0.3, -0.25) is 9.78 Å². The lowest BCUT2D eigenvalue weighted by atomic mass is 10.1. The predicted molar refractivity (Wildman–Crippen MR) is 59.3 cm³/mol. The molecule has 1 atom stereocenters. The minimum absolute atomic E-state index is 0.120. The molecule has 2 aliphatic rings. The van der Waals surface area contributed by atoms with Crippen LogP contribution in [0.4, 0.5) is 0 Å². The summed E-state index contributed by atoms with van der Waals surface area (Å²) in [5.74, 6) is -0.255. The summed E-state index contributed by atoms with van der Waals surface area (Å²) in [7, 11) is 1.45. The van der Waals surface area contributed by atoms with E-state index in [1.807, 2.05) is 0 Å². The van der Waals surface area contributed by atoms with E-state index in [2.05, 4.69) is 11.1 Å². The van der Waals surface area contributed by atoms with Crippen LogP contribution in [0.5, 0.6) is 0 Å². The lowest BCUT2D eigenvalue weighted by molar-refractivity contribution is -0.142. The number of rotatable bonds is 1. The summed E-state index contributed by atoms with van der Waals surface area (Å²) in [6.45, 7) is 0. The van der Waals surface area contributed by atoms with Gasteiger partial charge in [0.2, 0.25) is 0 Å². The Balaban J connectivity index is 2.03. The molecule has 16 heavy (non-hydrogen) atoms. The molecule has 3 nitrogen and oxygen atoms in total. The Hall–Kier alpha value is -1.38. The fourth-order valence-electron chi connectivity index (χ4n) is 2.85. The topological polar surface area (TPSA) is 39.2 Å². The van der Waals surface area contributed by atoms with E-state index < -0.39 is 0 Å². The summed E-state index contributed by atoms with van der Waals surface area (Å²) in [5, 5.41) is 0. The number of carbonyl (C=O) groups is 1. The van der Waals surface area contributed by atoms with Gasteiger partial charge < -0.3 is 4.74 Å². The number of hydrogen-bond acceptors (Lipinski definition) is 3. The van der Waals surface area contributed by atoms with E-state index in [-0.39, 0.29) is 11.9 Å². The number of ether oxygens (including phenoxy) is 1. The first-order chi connectivity index (χ1) is 7.79. The van der Waals surface area contributed by atoms with Crippen LogP contribution < -0.4 is 0 Å². The number of aryl methyl sites for hydroxylation is 3. The third-order valence-electron chi connectivity index (χ3n) is 3.68. The molecule has 1 heterocycles. The van der Waals surface area contributed by atoms with E-state index >= 15 is 0 Å². The number of hydrogen-bond donors (Lipinski definition) is 0. The number of methoxy groups -OCH3 is 1. The quantitative estimate of drug-likeness (QED) is 0.673. The molecule has 0 aliphatic heterocycles. The van der Waals surface area contributed by atoms with Gasteiger partial charge in [0, 0.05) is 5.69 Å². The summed E-state index contributed by atoms with van der Waals surface area (Å²) in [6, 6.07) is 2.26. The summed E-state index contributed by atoms with van der Waals surface area (Å²) < 4.78 is 4.83. The number of nitrogens with zero attached hydrogens (tertiary/aromatic N) is 1. The highest BCUT2D eigenvalue weighted by atomic mass is 16.5. The Kier molecular flexibility index (Phi) is 2.20. The Morgan fingerprint density at radius 3 is 3.06 bits per heavy atom. The van der Waals surface area contributed by atoms with Crippen molar-refractivity contribution in [2.45, 2.75) is 38.0 Å². The zero-order chi connectivity index (χ0) is 11.1. The van der Waals surface area contributed by atoms with Crippen LogP contribution in [-0.2, 0) is 28.8 Å². The third kappa shape index (κ3) is 1.34. The molecule has 0 fully saturated rings. The van der Waals surface area contributed by atoms with Crippen molar-refractivity contribution in [2.75, 3.05) is 7.11 Å². The minimum atomic E-state index is -0.135. The van der Waals surface area contributed by atoms with Crippen molar-refractivity contribution in [3.05, 3.63) is 28.6 Å². The van der Waals surface area contributed by atoms with Gasteiger partial charge in [-0.15, -0.1) is 0 Å². The Labute approximate surface area is 94.8 Å². The zero-order valence-electron chi connectivity index (χ0n) is 9.45. The van der Waals surface area contributed by atoms with Crippen LogP contribution in [0, 0.1) is 0 Å². The number of pyridine rings is 1. The van der Waals surface area contributed by atoms with E-state index in [9.17, 15) is 4.79 Å². The van der Waals surface area contributed by atoms with E-state index in [1.54, 1.807) is 0 Å². The summed E-state index contributed by atoms with van der Waals surface area (Å²) in [5.41, 5.74) is 4.84. The number of carbonyl (C=O) groups excluding carboxylic acids is 1. The zero-order valence-corrected chi connectivity index (χ0v) is 9.45. The molecule has 2 aliphatic carbocycles. The van der Waals surface area contributed by atoms with Gasteiger partial charge in [-0.25, -0.2) is 0 Å². The Bertz CT molecular complexity index is 453. The molecule has 84 valence electrons. The lowest BCUT2D eigenvalue weighted by Gasteiger charge is -2.09. The van der Waals surface area contributed by atoms with E-state index in [0.29, 0.717) is 0 Å². The lowest BCUT2D eigenvalue weighted by Crippen LogP contribution is -2.13. The van der Waals surface area contributed by atoms with Crippen molar-refractivity contribution in [3.63, 3.8) is 0 Å². The first-order valence-corrected chi connectivity index (χ1v) is 5.89. The SMILES string of the molecule is COC(=O)C1CCc2cc3c(nc21)CCC3. The molecule has 0 bridgehead atoms. The average molecular weight is 217 g/mol. The van der Waals surface area contributed by atoms with Crippen LogP contribution in [0.3, 0.4) is 0 Å². The molecule has 1 aromatic rings. The van der Waals surface area contributed by atoms with Crippen molar-refractivity contribution in [3.8, 4) is 0 Å². The van der Waals surface area contributed by atoms with Crippen LogP contribution in [0.25, 0.3) is 0 Å². The van der Waals surface area contributed by atoms with Crippen molar-refractivity contribution >= 4 is 5.97 Å². The first kappa shape index (κ1) is 9.82. The van der Waals surface area contributed by atoms with Gasteiger partial charge in [0.15, 0.2) is 0 Å². The predicted octanol–water partition coefficient (Wildman–Crippen LogP) is 1.77. The standard InChI is InChI=1S/C13H15NO2/c1-16-13(15)10-6-5-9-7-8-3-2-4-11(8)14-12(9)10/h7,10H,2-6H2,1H3. The van der Waals surface area contributed by atoms with Crippen molar-refractivity contribution in [1.29, 1.82) is 0 Å². The van der Waals surface area contributed by atoms with Gasteiger partial charge in [0.1, 0.15) is 0 Å². The fourth-order valence-corrected chi connectivity index (χ4v) is 2.85. The van der Waals surface area contributed by atoms with Crippen molar-refractivity contribution in [1.82, 2.24) is 4.98 Å². The molecule has 3 heteroatoms.